The highest BCUT2D eigenvalue weighted by Gasteiger charge is 2.12. The number of fused-ring (bicyclic) bond motifs is 3. The highest BCUT2D eigenvalue weighted by atomic mass is 16.5. The van der Waals surface area contributed by atoms with Crippen LogP contribution in [0.25, 0.3) is 21.9 Å². The molecule has 6 heteroatoms. The summed E-state index contributed by atoms with van der Waals surface area (Å²) in [6.07, 6.45) is 1.23. The van der Waals surface area contributed by atoms with Crippen molar-refractivity contribution < 1.29 is 14.6 Å². The lowest BCUT2D eigenvalue weighted by Crippen LogP contribution is -2.12. The van der Waals surface area contributed by atoms with Crippen molar-refractivity contribution in [3.05, 3.63) is 30.2 Å². The van der Waals surface area contributed by atoms with E-state index in [1.807, 2.05) is 25.1 Å². The molecule has 0 fully saturated rings. The second-order valence-electron chi connectivity index (χ2n) is 5.15. The van der Waals surface area contributed by atoms with Crippen LogP contribution in [0.3, 0.4) is 0 Å². The van der Waals surface area contributed by atoms with Crippen LogP contribution in [0.2, 0.25) is 0 Å². The van der Waals surface area contributed by atoms with Gasteiger partial charge in [0.15, 0.2) is 0 Å². The summed E-state index contributed by atoms with van der Waals surface area (Å²) in [5.74, 6) is 1.43. The standard InChI is InChI=1S/C16H19N3O3/c1-3-21-9-14-18-12-7-17-11-5-4-6-13(22-8-10(2)20)15(11)16(12)19-14/h4-7,10,20H,3,8-9H2,1-2H3,(H,18,19). The molecule has 2 N–H and O–H groups in total. The second-order valence-corrected chi connectivity index (χ2v) is 5.15. The molecular formula is C16H19N3O3. The van der Waals surface area contributed by atoms with Crippen LogP contribution in [0.5, 0.6) is 5.75 Å². The van der Waals surface area contributed by atoms with Gasteiger partial charge in [0.25, 0.3) is 0 Å². The number of hydrogen-bond donors (Lipinski definition) is 2. The van der Waals surface area contributed by atoms with Crippen LogP contribution in [0.1, 0.15) is 19.7 Å². The Morgan fingerprint density at radius 3 is 3.00 bits per heavy atom. The number of benzene rings is 1. The molecule has 2 aromatic heterocycles. The third kappa shape index (κ3) is 2.88. The molecule has 1 unspecified atom stereocenters. The number of H-pyrrole nitrogens is 1. The number of aromatic nitrogens is 3. The van der Waals surface area contributed by atoms with Crippen LogP contribution in [-0.2, 0) is 11.3 Å². The zero-order chi connectivity index (χ0) is 15.5. The number of aliphatic hydroxyl groups is 1. The van der Waals surface area contributed by atoms with E-state index in [4.69, 9.17) is 9.47 Å². The van der Waals surface area contributed by atoms with Crippen molar-refractivity contribution in [2.45, 2.75) is 26.6 Å². The van der Waals surface area contributed by atoms with E-state index < -0.39 is 6.10 Å². The van der Waals surface area contributed by atoms with Crippen molar-refractivity contribution in [1.29, 1.82) is 0 Å². The van der Waals surface area contributed by atoms with Crippen molar-refractivity contribution in [2.24, 2.45) is 0 Å². The van der Waals surface area contributed by atoms with Gasteiger partial charge in [-0.3, -0.25) is 4.98 Å². The number of nitrogens with zero attached hydrogens (tertiary/aromatic N) is 2. The number of imidazole rings is 1. The quantitative estimate of drug-likeness (QED) is 0.731. The van der Waals surface area contributed by atoms with Gasteiger partial charge in [-0.15, -0.1) is 0 Å². The lowest BCUT2D eigenvalue weighted by Gasteiger charge is -2.10. The molecule has 0 saturated carbocycles. The minimum Gasteiger partial charge on any atom is -0.490 e. The highest BCUT2D eigenvalue weighted by molar-refractivity contribution is 6.05. The van der Waals surface area contributed by atoms with Gasteiger partial charge in [-0.05, 0) is 26.0 Å². The molecule has 0 aliphatic rings. The fourth-order valence-electron chi connectivity index (χ4n) is 2.32. The predicted molar refractivity (Wildman–Crippen MR) is 83.9 cm³/mol. The third-order valence-electron chi connectivity index (χ3n) is 3.28. The number of pyridine rings is 1. The fraction of sp³-hybridized carbons (Fsp3) is 0.375. The summed E-state index contributed by atoms with van der Waals surface area (Å²) in [5, 5.41) is 10.3. The molecular weight excluding hydrogens is 282 g/mol. The molecule has 0 radical (unpaired) electrons. The van der Waals surface area contributed by atoms with Gasteiger partial charge in [-0.2, -0.15) is 0 Å². The Labute approximate surface area is 128 Å². The number of rotatable bonds is 6. The van der Waals surface area contributed by atoms with Crippen molar-refractivity contribution >= 4 is 21.9 Å². The van der Waals surface area contributed by atoms with Crippen molar-refractivity contribution in [1.82, 2.24) is 15.0 Å². The molecule has 3 rings (SSSR count). The topological polar surface area (TPSA) is 80.3 Å². The molecule has 3 aromatic rings. The maximum Gasteiger partial charge on any atom is 0.133 e. The predicted octanol–water partition coefficient (Wildman–Crippen LogP) is 2.41. The Balaban J connectivity index is 2.09. The second kappa shape index (κ2) is 6.29. The van der Waals surface area contributed by atoms with Gasteiger partial charge in [-0.25, -0.2) is 4.98 Å². The molecule has 1 atom stereocenters. The van der Waals surface area contributed by atoms with E-state index >= 15 is 0 Å². The Hall–Kier alpha value is -2.18. The molecule has 0 aliphatic heterocycles. The minimum absolute atomic E-state index is 0.228. The highest BCUT2D eigenvalue weighted by Crippen LogP contribution is 2.30. The lowest BCUT2D eigenvalue weighted by atomic mass is 10.2. The third-order valence-corrected chi connectivity index (χ3v) is 3.28. The average Bonchev–Trinajstić information content (AvgIpc) is 2.93. The maximum atomic E-state index is 9.42. The molecule has 6 nitrogen and oxygen atoms in total. The normalized spacial score (nSPS) is 12.9. The number of nitrogens with one attached hydrogen (secondary N) is 1. The van der Waals surface area contributed by atoms with Crippen LogP contribution in [0.15, 0.2) is 24.4 Å². The van der Waals surface area contributed by atoms with Gasteiger partial charge in [0.2, 0.25) is 0 Å². The fourth-order valence-corrected chi connectivity index (χ4v) is 2.32. The summed E-state index contributed by atoms with van der Waals surface area (Å²) in [4.78, 5) is 12.3. The Bertz CT molecular complexity index is 783. The molecule has 0 bridgehead atoms. The van der Waals surface area contributed by atoms with Crippen LogP contribution in [0.4, 0.5) is 0 Å². The molecule has 0 amide bonds. The maximum absolute atomic E-state index is 9.42. The summed E-state index contributed by atoms with van der Waals surface area (Å²) in [7, 11) is 0. The molecule has 116 valence electrons. The Kier molecular flexibility index (Phi) is 4.22. The first-order valence-corrected chi connectivity index (χ1v) is 7.34. The summed E-state index contributed by atoms with van der Waals surface area (Å²) in [6.45, 7) is 4.93. The first-order valence-electron chi connectivity index (χ1n) is 7.34. The summed E-state index contributed by atoms with van der Waals surface area (Å²) in [5.41, 5.74) is 2.46. The lowest BCUT2D eigenvalue weighted by molar-refractivity contribution is 0.123. The monoisotopic (exact) mass is 301 g/mol. The van der Waals surface area contributed by atoms with E-state index in [-0.39, 0.29) is 6.61 Å². The van der Waals surface area contributed by atoms with E-state index in [1.54, 1.807) is 13.1 Å². The largest absolute Gasteiger partial charge is 0.490 e. The van der Waals surface area contributed by atoms with Gasteiger partial charge in [-0.1, -0.05) is 6.07 Å². The first kappa shape index (κ1) is 14.7. The van der Waals surface area contributed by atoms with Crippen molar-refractivity contribution in [3.63, 3.8) is 0 Å². The SMILES string of the molecule is CCOCc1nc2c(cnc3cccc(OCC(C)O)c32)[nH]1. The Morgan fingerprint density at radius 2 is 2.23 bits per heavy atom. The number of aliphatic hydroxyl groups excluding tert-OH is 1. The van der Waals surface area contributed by atoms with Crippen LogP contribution in [-0.4, -0.2) is 39.4 Å². The van der Waals surface area contributed by atoms with Gasteiger partial charge in [0, 0.05) is 6.61 Å². The summed E-state index contributed by atoms with van der Waals surface area (Å²) in [6, 6.07) is 5.66. The Morgan fingerprint density at radius 1 is 1.36 bits per heavy atom. The van der Waals surface area contributed by atoms with Gasteiger partial charge in [0.05, 0.1) is 28.7 Å². The van der Waals surface area contributed by atoms with E-state index in [0.29, 0.717) is 19.0 Å². The zero-order valence-corrected chi connectivity index (χ0v) is 12.7. The van der Waals surface area contributed by atoms with Crippen LogP contribution in [0, 0.1) is 0 Å². The van der Waals surface area contributed by atoms with Crippen LogP contribution < -0.4 is 4.74 Å². The van der Waals surface area contributed by atoms with Gasteiger partial charge in [0.1, 0.15) is 30.3 Å². The number of aromatic amines is 1. The van der Waals surface area contributed by atoms with Gasteiger partial charge >= 0.3 is 0 Å². The molecule has 0 spiro atoms. The van der Waals surface area contributed by atoms with E-state index in [2.05, 4.69) is 15.0 Å². The average molecular weight is 301 g/mol. The smallest absolute Gasteiger partial charge is 0.133 e. The van der Waals surface area contributed by atoms with E-state index in [9.17, 15) is 5.11 Å². The van der Waals surface area contributed by atoms with Gasteiger partial charge < -0.3 is 19.6 Å². The van der Waals surface area contributed by atoms with E-state index in [0.717, 1.165) is 27.8 Å². The molecule has 1 aromatic carbocycles. The zero-order valence-electron chi connectivity index (χ0n) is 12.7. The molecule has 22 heavy (non-hydrogen) atoms. The minimum atomic E-state index is -0.532. The summed E-state index contributed by atoms with van der Waals surface area (Å²) >= 11 is 0. The number of ether oxygens (including phenoxy) is 2. The summed E-state index contributed by atoms with van der Waals surface area (Å²) < 4.78 is 11.1. The van der Waals surface area contributed by atoms with Crippen molar-refractivity contribution in [2.75, 3.05) is 13.2 Å². The van der Waals surface area contributed by atoms with E-state index in [1.165, 1.54) is 0 Å². The number of hydrogen-bond acceptors (Lipinski definition) is 5. The molecule has 0 aliphatic carbocycles. The van der Waals surface area contributed by atoms with Crippen molar-refractivity contribution in [3.8, 4) is 5.75 Å². The molecule has 0 saturated heterocycles. The first-order chi connectivity index (χ1) is 10.7. The van der Waals surface area contributed by atoms with Crippen LogP contribution >= 0.6 is 0 Å². The molecule has 2 heterocycles.